The van der Waals surface area contributed by atoms with E-state index >= 15 is 0 Å². The number of hydrogen-bond acceptors (Lipinski definition) is 7. The molecule has 0 spiro atoms. The number of nitrogens with one attached hydrogen (secondary N) is 1. The SMILES string of the molecule is C=C[C@@H]1C[C@]1(NC(=O)[C@@H]1C[C@@H](Oc2nccc3c(C)cccc23)CN1C(=O)[C@@H](C)C(C)(C)C)C(=O)CS(=O)(=O)C1CC1. The summed E-state index contributed by atoms with van der Waals surface area (Å²) in [5.74, 6) is -2.10. The molecule has 3 aliphatic rings. The monoisotopic (exact) mass is 595 g/mol. The predicted octanol–water partition coefficient (Wildman–Crippen LogP) is 3.78. The first kappa shape index (κ1) is 30.2. The number of pyridine rings is 1. The molecule has 1 saturated heterocycles. The fraction of sp³-hybridized carbons (Fsp3) is 0.562. The lowest BCUT2D eigenvalue weighted by Gasteiger charge is -2.33. The highest BCUT2D eigenvalue weighted by atomic mass is 32.2. The lowest BCUT2D eigenvalue weighted by molar-refractivity contribution is -0.144. The Balaban J connectivity index is 1.40. The number of hydrogen-bond donors (Lipinski definition) is 1. The Hall–Kier alpha value is -3.27. The molecular formula is C32H41N3O6S. The fourth-order valence-electron chi connectivity index (χ4n) is 5.85. The van der Waals surface area contributed by atoms with E-state index in [4.69, 9.17) is 4.74 Å². The molecule has 5 rings (SSSR count). The number of carbonyl (C=O) groups excluding carboxylic acids is 3. The van der Waals surface area contributed by atoms with Crippen LogP contribution in [0.4, 0.5) is 0 Å². The van der Waals surface area contributed by atoms with Crippen LogP contribution in [0.25, 0.3) is 10.8 Å². The topological polar surface area (TPSA) is 123 Å². The van der Waals surface area contributed by atoms with Gasteiger partial charge in [0.2, 0.25) is 17.7 Å². The number of benzene rings is 1. The number of nitrogens with zero attached hydrogens (tertiary/aromatic N) is 2. The minimum absolute atomic E-state index is 0.178. The molecule has 1 N–H and O–H groups in total. The zero-order chi connectivity index (χ0) is 30.6. The van der Waals surface area contributed by atoms with Gasteiger partial charge in [-0.3, -0.25) is 14.4 Å². The Kier molecular flexibility index (Phi) is 7.75. The largest absolute Gasteiger partial charge is 0.472 e. The summed E-state index contributed by atoms with van der Waals surface area (Å²) in [7, 11) is -3.56. The second-order valence-corrected chi connectivity index (χ2v) is 15.6. The predicted molar refractivity (Wildman–Crippen MR) is 161 cm³/mol. The molecular weight excluding hydrogens is 554 g/mol. The van der Waals surface area contributed by atoms with Crippen molar-refractivity contribution in [2.45, 2.75) is 83.2 Å². The van der Waals surface area contributed by atoms with Crippen LogP contribution in [-0.4, -0.2) is 71.1 Å². The summed E-state index contributed by atoms with van der Waals surface area (Å²) in [6, 6.07) is 6.91. The number of aromatic nitrogens is 1. The van der Waals surface area contributed by atoms with Gasteiger partial charge in [-0.1, -0.05) is 45.9 Å². The molecule has 3 fully saturated rings. The lowest BCUT2D eigenvalue weighted by atomic mass is 9.81. The maximum absolute atomic E-state index is 13.9. The molecule has 2 aliphatic carbocycles. The summed E-state index contributed by atoms with van der Waals surface area (Å²) in [5, 5.41) is 4.27. The van der Waals surface area contributed by atoms with E-state index in [-0.39, 0.29) is 36.1 Å². The number of fused-ring (bicyclic) bond motifs is 1. The maximum atomic E-state index is 13.9. The summed E-state index contributed by atoms with van der Waals surface area (Å²) >= 11 is 0. The van der Waals surface area contributed by atoms with Crippen molar-refractivity contribution < 1.29 is 27.5 Å². The number of carbonyl (C=O) groups is 3. The molecule has 0 unspecified atom stereocenters. The van der Waals surface area contributed by atoms with Gasteiger partial charge in [0.05, 0.1) is 11.8 Å². The fourth-order valence-corrected chi connectivity index (χ4v) is 7.56. The molecule has 5 atom stereocenters. The molecule has 2 aromatic rings. The van der Waals surface area contributed by atoms with E-state index in [0.717, 1.165) is 16.3 Å². The minimum atomic E-state index is -3.56. The highest BCUT2D eigenvalue weighted by Gasteiger charge is 2.61. The Labute approximate surface area is 248 Å². The van der Waals surface area contributed by atoms with E-state index in [1.54, 1.807) is 17.2 Å². The summed E-state index contributed by atoms with van der Waals surface area (Å²) < 4.78 is 31.6. The zero-order valence-electron chi connectivity index (χ0n) is 25.1. The molecule has 1 aliphatic heterocycles. The third-order valence-corrected chi connectivity index (χ3v) is 11.4. The second-order valence-electron chi connectivity index (χ2n) is 13.3. The first-order valence-electron chi connectivity index (χ1n) is 14.7. The summed E-state index contributed by atoms with van der Waals surface area (Å²) in [5.41, 5.74) is -0.581. The molecule has 9 nitrogen and oxygen atoms in total. The number of rotatable bonds is 10. The van der Waals surface area contributed by atoms with E-state index in [9.17, 15) is 22.8 Å². The Morgan fingerprint density at radius 3 is 2.55 bits per heavy atom. The first-order valence-corrected chi connectivity index (χ1v) is 16.4. The molecule has 1 aromatic heterocycles. The normalized spacial score (nSPS) is 26.5. The molecule has 0 radical (unpaired) electrons. The molecule has 2 amide bonds. The van der Waals surface area contributed by atoms with Crippen LogP contribution < -0.4 is 10.1 Å². The van der Waals surface area contributed by atoms with Crippen molar-refractivity contribution in [3.8, 4) is 5.88 Å². The second kappa shape index (κ2) is 10.8. The van der Waals surface area contributed by atoms with Gasteiger partial charge in [-0.2, -0.15) is 0 Å². The van der Waals surface area contributed by atoms with Crippen molar-refractivity contribution in [3.05, 3.63) is 48.7 Å². The molecule has 2 saturated carbocycles. The van der Waals surface area contributed by atoms with Crippen LogP contribution in [0.3, 0.4) is 0 Å². The van der Waals surface area contributed by atoms with Crippen LogP contribution >= 0.6 is 0 Å². The van der Waals surface area contributed by atoms with Crippen molar-refractivity contribution in [1.29, 1.82) is 0 Å². The number of amides is 2. The van der Waals surface area contributed by atoms with Crippen LogP contribution in [0.5, 0.6) is 5.88 Å². The smallest absolute Gasteiger partial charge is 0.243 e. The number of ether oxygens (including phenoxy) is 1. The van der Waals surface area contributed by atoms with Crippen LogP contribution in [-0.2, 0) is 24.2 Å². The highest BCUT2D eigenvalue weighted by Crippen LogP contribution is 2.46. The standard InChI is InChI=1S/C32H41N3O6S/c1-7-21-16-32(21,27(36)18-42(39,40)23-11-12-23)34-28(37)26-15-22(17-35(26)30(38)20(3)31(4,5)6)41-29-25-10-8-9-19(2)24(25)13-14-33-29/h7-10,13-14,20-23,26H,1,11-12,15-18H2,2-6H3,(H,34,37)/t20-,21-,22-,26+,32-/m1/s1. The van der Waals surface area contributed by atoms with Gasteiger partial charge >= 0.3 is 0 Å². The van der Waals surface area contributed by atoms with Crippen LogP contribution in [0.2, 0.25) is 0 Å². The lowest BCUT2D eigenvalue weighted by Crippen LogP contribution is -2.55. The number of sulfone groups is 1. The van der Waals surface area contributed by atoms with Crippen LogP contribution in [0, 0.1) is 24.2 Å². The van der Waals surface area contributed by atoms with E-state index in [2.05, 4.69) is 16.9 Å². The summed E-state index contributed by atoms with van der Waals surface area (Å²) in [6.07, 6.45) is 4.39. The van der Waals surface area contributed by atoms with Crippen molar-refractivity contribution in [1.82, 2.24) is 15.2 Å². The number of ketones is 1. The molecule has 1 aromatic carbocycles. The van der Waals surface area contributed by atoms with E-state index < -0.39 is 50.2 Å². The van der Waals surface area contributed by atoms with E-state index in [1.165, 1.54) is 0 Å². The first-order chi connectivity index (χ1) is 19.7. The molecule has 42 heavy (non-hydrogen) atoms. The highest BCUT2D eigenvalue weighted by molar-refractivity contribution is 7.93. The number of aryl methyl sites for hydroxylation is 1. The third-order valence-electron chi connectivity index (χ3n) is 9.29. The van der Waals surface area contributed by atoms with Gasteiger partial charge in [-0.05, 0) is 54.7 Å². The van der Waals surface area contributed by atoms with Crippen molar-refractivity contribution in [2.75, 3.05) is 12.3 Å². The minimum Gasteiger partial charge on any atom is -0.472 e. The number of likely N-dealkylation sites (tertiary alicyclic amines) is 1. The van der Waals surface area contributed by atoms with E-state index in [0.29, 0.717) is 25.1 Å². The van der Waals surface area contributed by atoms with Gasteiger partial charge in [0, 0.05) is 29.8 Å². The van der Waals surface area contributed by atoms with E-state index in [1.807, 2.05) is 58.9 Å². The molecule has 226 valence electrons. The summed E-state index contributed by atoms with van der Waals surface area (Å²) in [6.45, 7) is 13.8. The van der Waals surface area contributed by atoms with Gasteiger partial charge in [-0.15, -0.1) is 6.58 Å². The summed E-state index contributed by atoms with van der Waals surface area (Å²) in [4.78, 5) is 47.0. The average molecular weight is 596 g/mol. The maximum Gasteiger partial charge on any atom is 0.243 e. The number of Topliss-reactive ketones (excluding diaryl/α,β-unsaturated/α-hetero) is 1. The van der Waals surface area contributed by atoms with Gasteiger partial charge in [0.1, 0.15) is 23.4 Å². The van der Waals surface area contributed by atoms with Gasteiger partial charge in [0.15, 0.2) is 15.6 Å². The van der Waals surface area contributed by atoms with Crippen molar-refractivity contribution in [2.24, 2.45) is 17.3 Å². The average Bonchev–Trinajstić information content (AvgIpc) is 3.85. The molecule has 0 bridgehead atoms. The Morgan fingerprint density at radius 2 is 1.93 bits per heavy atom. The Morgan fingerprint density at radius 1 is 1.21 bits per heavy atom. The van der Waals surface area contributed by atoms with Gasteiger partial charge in [0.25, 0.3) is 0 Å². The van der Waals surface area contributed by atoms with Crippen molar-refractivity contribution in [3.63, 3.8) is 0 Å². The van der Waals surface area contributed by atoms with Crippen molar-refractivity contribution >= 4 is 38.2 Å². The van der Waals surface area contributed by atoms with Crippen LogP contribution in [0.1, 0.15) is 58.9 Å². The quantitative estimate of drug-likeness (QED) is 0.415. The molecule has 2 heterocycles. The van der Waals surface area contributed by atoms with Gasteiger partial charge in [-0.25, -0.2) is 13.4 Å². The third kappa shape index (κ3) is 5.70. The Bertz CT molecular complexity index is 1540. The zero-order valence-corrected chi connectivity index (χ0v) is 25.9. The molecule has 10 heteroatoms. The van der Waals surface area contributed by atoms with Gasteiger partial charge < -0.3 is 15.0 Å². The van der Waals surface area contributed by atoms with Crippen LogP contribution in [0.15, 0.2) is 43.1 Å².